The summed E-state index contributed by atoms with van der Waals surface area (Å²) in [5, 5.41) is 9.14. The number of aliphatic hydroxyl groups is 1. The van der Waals surface area contributed by atoms with Gasteiger partial charge in [0, 0.05) is 19.1 Å². The molecule has 0 saturated carbocycles. The van der Waals surface area contributed by atoms with Crippen molar-refractivity contribution in [1.29, 1.82) is 0 Å². The Bertz CT molecular complexity index is 502. The molecule has 22 heavy (non-hydrogen) atoms. The van der Waals surface area contributed by atoms with Gasteiger partial charge in [0.05, 0.1) is 12.4 Å². The standard InChI is InChI=1S/C11H19F3N2O5S/c1-3-21-9(17)8(15)4-6-16-22(19,20)7-5-10(2,18)11(12,13)14/h6,8,18H,3-5,7,15H2,1-2H3/b16-6+. The molecular weight excluding hydrogens is 329 g/mol. The summed E-state index contributed by atoms with van der Waals surface area (Å²) in [6.45, 7) is 2.15. The third-order valence-corrected chi connectivity index (χ3v) is 3.83. The third-order valence-electron chi connectivity index (χ3n) is 2.64. The maximum atomic E-state index is 12.4. The summed E-state index contributed by atoms with van der Waals surface area (Å²) < 4.78 is 67.7. The molecule has 2 atom stereocenters. The van der Waals surface area contributed by atoms with Crippen molar-refractivity contribution < 1.29 is 36.2 Å². The van der Waals surface area contributed by atoms with Gasteiger partial charge in [0.1, 0.15) is 6.04 Å². The predicted octanol–water partition coefficient (Wildman–Crippen LogP) is 0.371. The zero-order valence-electron chi connectivity index (χ0n) is 12.1. The summed E-state index contributed by atoms with van der Waals surface area (Å²) in [7, 11) is -4.21. The Morgan fingerprint density at radius 1 is 1.45 bits per heavy atom. The van der Waals surface area contributed by atoms with E-state index in [1.54, 1.807) is 6.92 Å². The summed E-state index contributed by atoms with van der Waals surface area (Å²) in [5.41, 5.74) is 2.26. The largest absolute Gasteiger partial charge is 0.465 e. The fourth-order valence-corrected chi connectivity index (χ4v) is 2.21. The van der Waals surface area contributed by atoms with Gasteiger partial charge in [-0.2, -0.15) is 17.6 Å². The van der Waals surface area contributed by atoms with Gasteiger partial charge in [-0.15, -0.1) is 0 Å². The monoisotopic (exact) mass is 348 g/mol. The number of halogens is 3. The van der Waals surface area contributed by atoms with Gasteiger partial charge < -0.3 is 15.6 Å². The van der Waals surface area contributed by atoms with Crippen LogP contribution in [0.5, 0.6) is 0 Å². The highest BCUT2D eigenvalue weighted by molar-refractivity contribution is 7.90. The van der Waals surface area contributed by atoms with E-state index in [9.17, 15) is 26.4 Å². The number of ether oxygens (including phenoxy) is 1. The molecular formula is C11H19F3N2O5S. The van der Waals surface area contributed by atoms with E-state index < -0.39 is 46.0 Å². The number of esters is 1. The summed E-state index contributed by atoms with van der Waals surface area (Å²) >= 11 is 0. The molecule has 0 rings (SSSR count). The number of sulfonamides is 1. The molecule has 0 aromatic heterocycles. The van der Waals surface area contributed by atoms with Crippen molar-refractivity contribution in [3.8, 4) is 0 Å². The van der Waals surface area contributed by atoms with Gasteiger partial charge >= 0.3 is 12.1 Å². The lowest BCUT2D eigenvalue weighted by Crippen LogP contribution is -2.43. The highest BCUT2D eigenvalue weighted by atomic mass is 32.2. The lowest BCUT2D eigenvalue weighted by atomic mass is 10.0. The van der Waals surface area contributed by atoms with Crippen molar-refractivity contribution in [2.75, 3.05) is 12.4 Å². The number of hydrogen-bond acceptors (Lipinski definition) is 6. The molecule has 0 heterocycles. The van der Waals surface area contributed by atoms with Crippen LogP contribution in [0.25, 0.3) is 0 Å². The molecule has 3 N–H and O–H groups in total. The van der Waals surface area contributed by atoms with E-state index in [2.05, 4.69) is 9.13 Å². The van der Waals surface area contributed by atoms with Crippen molar-refractivity contribution in [2.45, 2.75) is 44.5 Å². The minimum absolute atomic E-state index is 0.106. The number of alkyl halides is 3. The molecule has 0 aliphatic heterocycles. The quantitative estimate of drug-likeness (QED) is 0.483. The smallest absolute Gasteiger partial charge is 0.416 e. The molecule has 0 bridgehead atoms. The first kappa shape index (κ1) is 20.8. The fourth-order valence-electron chi connectivity index (χ4n) is 1.14. The molecule has 7 nitrogen and oxygen atoms in total. The molecule has 0 aliphatic carbocycles. The van der Waals surface area contributed by atoms with Crippen LogP contribution in [0.3, 0.4) is 0 Å². The van der Waals surface area contributed by atoms with Gasteiger partial charge in [0.25, 0.3) is 10.0 Å². The third kappa shape index (κ3) is 7.18. The minimum atomic E-state index is -4.95. The summed E-state index contributed by atoms with van der Waals surface area (Å²) in [6, 6.07) is -1.11. The topological polar surface area (TPSA) is 119 Å². The van der Waals surface area contributed by atoms with Gasteiger partial charge in [-0.25, -0.2) is 8.42 Å². The molecule has 0 radical (unpaired) electrons. The summed E-state index contributed by atoms with van der Waals surface area (Å²) in [5.74, 6) is -1.74. The first-order valence-electron chi connectivity index (χ1n) is 6.30. The van der Waals surface area contributed by atoms with E-state index >= 15 is 0 Å². The van der Waals surface area contributed by atoms with E-state index in [4.69, 9.17) is 10.8 Å². The van der Waals surface area contributed by atoms with Gasteiger partial charge in [-0.1, -0.05) is 0 Å². The normalized spacial score (nSPS) is 17.2. The van der Waals surface area contributed by atoms with Gasteiger partial charge in [0.2, 0.25) is 0 Å². The molecule has 0 aliphatic rings. The molecule has 0 fully saturated rings. The van der Waals surface area contributed by atoms with Crippen LogP contribution < -0.4 is 5.73 Å². The Labute approximate surface area is 126 Å². The van der Waals surface area contributed by atoms with Crippen molar-refractivity contribution in [3.05, 3.63) is 0 Å². The highest BCUT2D eigenvalue weighted by Gasteiger charge is 2.49. The van der Waals surface area contributed by atoms with Gasteiger partial charge in [-0.05, 0) is 13.8 Å². The summed E-state index contributed by atoms with van der Waals surface area (Å²) in [4.78, 5) is 11.1. The van der Waals surface area contributed by atoms with E-state index in [0.29, 0.717) is 6.92 Å². The molecule has 0 aromatic rings. The van der Waals surface area contributed by atoms with Crippen LogP contribution in [0.4, 0.5) is 13.2 Å². The van der Waals surface area contributed by atoms with E-state index in [1.165, 1.54) is 0 Å². The molecule has 0 saturated heterocycles. The van der Waals surface area contributed by atoms with E-state index in [1.807, 2.05) is 0 Å². The van der Waals surface area contributed by atoms with Crippen LogP contribution in [0.15, 0.2) is 4.40 Å². The number of rotatable bonds is 8. The van der Waals surface area contributed by atoms with Crippen LogP contribution in [0.1, 0.15) is 26.7 Å². The fraction of sp³-hybridized carbons (Fsp3) is 0.818. The minimum Gasteiger partial charge on any atom is -0.465 e. The van der Waals surface area contributed by atoms with Crippen molar-refractivity contribution in [3.63, 3.8) is 0 Å². The first-order valence-corrected chi connectivity index (χ1v) is 7.91. The molecule has 0 spiro atoms. The summed E-state index contributed by atoms with van der Waals surface area (Å²) in [6.07, 6.45) is -5.43. The van der Waals surface area contributed by atoms with Gasteiger partial charge in [-0.3, -0.25) is 4.79 Å². The molecule has 130 valence electrons. The van der Waals surface area contributed by atoms with Crippen molar-refractivity contribution in [1.82, 2.24) is 0 Å². The van der Waals surface area contributed by atoms with Crippen LogP contribution in [0, 0.1) is 0 Å². The highest BCUT2D eigenvalue weighted by Crippen LogP contribution is 2.32. The lowest BCUT2D eigenvalue weighted by molar-refractivity contribution is -0.253. The zero-order valence-corrected chi connectivity index (χ0v) is 12.9. The second-order valence-electron chi connectivity index (χ2n) is 4.69. The zero-order chi connectivity index (χ0) is 17.6. The van der Waals surface area contributed by atoms with Crippen LogP contribution in [-0.2, 0) is 19.6 Å². The van der Waals surface area contributed by atoms with Crippen molar-refractivity contribution in [2.24, 2.45) is 10.1 Å². The Morgan fingerprint density at radius 3 is 2.45 bits per heavy atom. The number of nitrogens with zero attached hydrogens (tertiary/aromatic N) is 1. The lowest BCUT2D eigenvalue weighted by Gasteiger charge is -2.25. The second kappa shape index (κ2) is 7.88. The second-order valence-corrected chi connectivity index (χ2v) is 6.47. The van der Waals surface area contributed by atoms with Crippen LogP contribution in [0.2, 0.25) is 0 Å². The van der Waals surface area contributed by atoms with Gasteiger partial charge in [0.15, 0.2) is 5.60 Å². The molecule has 0 aromatic carbocycles. The average molecular weight is 348 g/mol. The number of nitrogens with two attached hydrogens (primary N) is 1. The van der Waals surface area contributed by atoms with E-state index in [-0.39, 0.29) is 13.0 Å². The maximum absolute atomic E-state index is 12.4. The van der Waals surface area contributed by atoms with E-state index in [0.717, 1.165) is 6.21 Å². The number of hydrogen-bond donors (Lipinski definition) is 2. The predicted molar refractivity (Wildman–Crippen MR) is 72.8 cm³/mol. The van der Waals surface area contributed by atoms with Crippen molar-refractivity contribution >= 4 is 22.2 Å². The maximum Gasteiger partial charge on any atom is 0.416 e. The average Bonchev–Trinajstić information content (AvgIpc) is 2.35. The Morgan fingerprint density at radius 2 is 2.00 bits per heavy atom. The Balaban J connectivity index is 4.54. The first-order chi connectivity index (χ1) is 9.82. The molecule has 0 amide bonds. The number of carbonyl (C=O) groups is 1. The Kier molecular flexibility index (Phi) is 7.45. The van der Waals surface area contributed by atoms with Crippen LogP contribution in [-0.4, -0.2) is 55.9 Å². The SMILES string of the molecule is CCOC(=O)C(N)C/C=N/S(=O)(=O)CCC(C)(O)C(F)(F)F. The number of carbonyl (C=O) groups excluding carboxylic acids is 1. The Hall–Kier alpha value is -1.20. The van der Waals surface area contributed by atoms with Crippen LogP contribution >= 0.6 is 0 Å². The molecule has 11 heteroatoms. The molecule has 2 unspecified atom stereocenters.